The summed E-state index contributed by atoms with van der Waals surface area (Å²) in [4.78, 5) is 8.74. The zero-order valence-corrected chi connectivity index (χ0v) is 13.2. The van der Waals surface area contributed by atoms with Gasteiger partial charge in [0.2, 0.25) is 0 Å². The Morgan fingerprint density at radius 3 is 2.67 bits per heavy atom. The highest BCUT2D eigenvalue weighted by Crippen LogP contribution is 2.26. The van der Waals surface area contributed by atoms with Gasteiger partial charge >= 0.3 is 0 Å². The van der Waals surface area contributed by atoms with E-state index in [4.69, 9.17) is 10.5 Å². The molecule has 116 valence electrons. The van der Waals surface area contributed by atoms with Crippen LogP contribution in [0.2, 0.25) is 0 Å². The number of likely N-dealkylation sites (N-methyl/N-ethyl adjacent to an activating group) is 1. The number of rotatable bonds is 7. The summed E-state index contributed by atoms with van der Waals surface area (Å²) in [5, 5.41) is 0. The Morgan fingerprint density at radius 2 is 2.05 bits per heavy atom. The summed E-state index contributed by atoms with van der Waals surface area (Å²) in [6, 6.07) is 8.54. The van der Waals surface area contributed by atoms with Crippen LogP contribution < -0.4 is 10.5 Å². The van der Waals surface area contributed by atoms with Crippen LogP contribution in [0.25, 0.3) is 0 Å². The zero-order valence-electron chi connectivity index (χ0n) is 13.2. The van der Waals surface area contributed by atoms with Crippen molar-refractivity contribution in [2.75, 3.05) is 40.3 Å². The Balaban J connectivity index is 2.02. The van der Waals surface area contributed by atoms with Gasteiger partial charge in [0.1, 0.15) is 5.75 Å². The lowest BCUT2D eigenvalue weighted by Crippen LogP contribution is -2.40. The van der Waals surface area contributed by atoms with Crippen molar-refractivity contribution in [2.24, 2.45) is 10.7 Å². The first kappa shape index (κ1) is 15.6. The largest absolute Gasteiger partial charge is 0.494 e. The van der Waals surface area contributed by atoms with Crippen LogP contribution in [0.5, 0.6) is 5.75 Å². The van der Waals surface area contributed by atoms with Gasteiger partial charge in [-0.1, -0.05) is 19.1 Å². The van der Waals surface area contributed by atoms with E-state index >= 15 is 0 Å². The third-order valence-corrected chi connectivity index (χ3v) is 3.62. The second-order valence-corrected chi connectivity index (χ2v) is 5.63. The summed E-state index contributed by atoms with van der Waals surface area (Å²) in [6.45, 7) is 5.45. The van der Waals surface area contributed by atoms with Gasteiger partial charge in [-0.2, -0.15) is 0 Å². The molecule has 0 bridgehead atoms. The lowest BCUT2D eigenvalue weighted by molar-refractivity contribution is 0.292. The van der Waals surface area contributed by atoms with E-state index < -0.39 is 0 Å². The van der Waals surface area contributed by atoms with E-state index in [1.165, 1.54) is 5.56 Å². The molecule has 2 rings (SSSR count). The fraction of sp³-hybridized carbons (Fsp3) is 0.562. The molecule has 2 N–H and O–H groups in total. The average molecular weight is 290 g/mol. The van der Waals surface area contributed by atoms with Crippen molar-refractivity contribution < 1.29 is 4.74 Å². The molecule has 1 atom stereocenters. The summed E-state index contributed by atoms with van der Waals surface area (Å²) in [7, 11) is 4.14. The number of nitrogens with zero attached hydrogens (tertiary/aromatic N) is 3. The monoisotopic (exact) mass is 290 g/mol. The van der Waals surface area contributed by atoms with E-state index in [9.17, 15) is 0 Å². The molecule has 1 aliphatic rings. The van der Waals surface area contributed by atoms with Crippen LogP contribution in [-0.2, 0) is 0 Å². The minimum atomic E-state index is 0.241. The molecule has 0 aromatic heterocycles. The van der Waals surface area contributed by atoms with E-state index in [0.717, 1.165) is 38.4 Å². The van der Waals surface area contributed by atoms with Gasteiger partial charge in [0.05, 0.1) is 19.2 Å². The third-order valence-electron chi connectivity index (χ3n) is 3.62. The van der Waals surface area contributed by atoms with E-state index in [1.54, 1.807) is 0 Å². The third kappa shape index (κ3) is 4.11. The standard InChI is InChI=1S/C16H26N4O/c1-4-11-21-14-7-5-13(6-8-14)15-12-18-16(17)20(15)10-9-19(2)3/h5-8,15H,4,9-12H2,1-3H3,(H2,17,18). The second-order valence-electron chi connectivity index (χ2n) is 5.63. The molecule has 1 heterocycles. The van der Waals surface area contributed by atoms with Crippen molar-refractivity contribution >= 4 is 5.96 Å². The van der Waals surface area contributed by atoms with E-state index in [1.807, 2.05) is 12.1 Å². The Bertz CT molecular complexity index is 470. The summed E-state index contributed by atoms with van der Waals surface area (Å²) in [5.41, 5.74) is 7.26. The van der Waals surface area contributed by atoms with E-state index in [2.05, 4.69) is 47.9 Å². The molecule has 1 unspecified atom stereocenters. The molecule has 0 saturated carbocycles. The molecule has 1 aliphatic heterocycles. The Morgan fingerprint density at radius 1 is 1.33 bits per heavy atom. The first-order chi connectivity index (χ1) is 10.1. The van der Waals surface area contributed by atoms with Crippen molar-refractivity contribution in [3.8, 4) is 5.75 Å². The topological polar surface area (TPSA) is 54.1 Å². The van der Waals surface area contributed by atoms with Crippen LogP contribution in [0.1, 0.15) is 24.9 Å². The van der Waals surface area contributed by atoms with Crippen LogP contribution in [-0.4, -0.2) is 56.1 Å². The Kier molecular flexibility index (Phi) is 5.44. The number of hydrogen-bond donors (Lipinski definition) is 1. The smallest absolute Gasteiger partial charge is 0.191 e. The molecule has 1 aromatic carbocycles. The van der Waals surface area contributed by atoms with E-state index in [0.29, 0.717) is 5.96 Å². The molecule has 5 nitrogen and oxygen atoms in total. The maximum absolute atomic E-state index is 6.02. The Labute approximate surface area is 127 Å². The summed E-state index contributed by atoms with van der Waals surface area (Å²) >= 11 is 0. The first-order valence-electron chi connectivity index (χ1n) is 7.56. The van der Waals surface area contributed by atoms with Gasteiger partial charge < -0.3 is 20.3 Å². The number of aliphatic imine (C=N–C) groups is 1. The molecule has 0 amide bonds. The van der Waals surface area contributed by atoms with Crippen LogP contribution in [0.15, 0.2) is 29.3 Å². The average Bonchev–Trinajstić information content (AvgIpc) is 2.84. The van der Waals surface area contributed by atoms with Crippen molar-refractivity contribution in [2.45, 2.75) is 19.4 Å². The van der Waals surface area contributed by atoms with Gasteiger partial charge in [0, 0.05) is 13.1 Å². The highest BCUT2D eigenvalue weighted by Gasteiger charge is 2.27. The molecule has 0 saturated heterocycles. The minimum absolute atomic E-state index is 0.241. The molecule has 21 heavy (non-hydrogen) atoms. The van der Waals surface area contributed by atoms with Gasteiger partial charge in [0.25, 0.3) is 0 Å². The number of guanidine groups is 1. The molecule has 1 aromatic rings. The fourth-order valence-electron chi connectivity index (χ4n) is 2.40. The van der Waals surface area contributed by atoms with Gasteiger partial charge in [-0.3, -0.25) is 4.99 Å². The van der Waals surface area contributed by atoms with Crippen molar-refractivity contribution in [1.82, 2.24) is 9.80 Å². The maximum Gasteiger partial charge on any atom is 0.191 e. The molecule has 0 spiro atoms. The number of benzene rings is 1. The highest BCUT2D eigenvalue weighted by atomic mass is 16.5. The molecule has 0 radical (unpaired) electrons. The summed E-state index contributed by atoms with van der Waals surface area (Å²) < 4.78 is 5.63. The molecular weight excluding hydrogens is 264 g/mol. The van der Waals surface area contributed by atoms with Gasteiger partial charge in [-0.15, -0.1) is 0 Å². The van der Waals surface area contributed by atoms with Crippen molar-refractivity contribution in [3.05, 3.63) is 29.8 Å². The van der Waals surface area contributed by atoms with Crippen molar-refractivity contribution in [3.63, 3.8) is 0 Å². The summed E-state index contributed by atoms with van der Waals surface area (Å²) in [5.74, 6) is 1.57. The quantitative estimate of drug-likeness (QED) is 0.830. The highest BCUT2D eigenvalue weighted by molar-refractivity contribution is 5.80. The Hall–Kier alpha value is -1.75. The second kappa shape index (κ2) is 7.31. The zero-order chi connectivity index (χ0) is 15.2. The lowest BCUT2D eigenvalue weighted by atomic mass is 10.1. The number of hydrogen-bond acceptors (Lipinski definition) is 5. The SMILES string of the molecule is CCCOc1ccc(C2CN=C(N)N2CCN(C)C)cc1. The van der Waals surface area contributed by atoms with E-state index in [-0.39, 0.29) is 6.04 Å². The van der Waals surface area contributed by atoms with Crippen LogP contribution in [0, 0.1) is 0 Å². The van der Waals surface area contributed by atoms with Crippen LogP contribution in [0.3, 0.4) is 0 Å². The van der Waals surface area contributed by atoms with Gasteiger partial charge in [-0.05, 0) is 38.2 Å². The van der Waals surface area contributed by atoms with Crippen LogP contribution >= 0.6 is 0 Å². The first-order valence-corrected chi connectivity index (χ1v) is 7.56. The molecule has 5 heteroatoms. The predicted molar refractivity (Wildman–Crippen MR) is 86.7 cm³/mol. The maximum atomic E-state index is 6.02. The fourth-order valence-corrected chi connectivity index (χ4v) is 2.40. The number of nitrogens with two attached hydrogens (primary N) is 1. The molecule has 0 aliphatic carbocycles. The number of ether oxygens (including phenoxy) is 1. The lowest BCUT2D eigenvalue weighted by Gasteiger charge is -2.28. The van der Waals surface area contributed by atoms with Gasteiger partial charge in [-0.25, -0.2) is 0 Å². The van der Waals surface area contributed by atoms with Crippen molar-refractivity contribution in [1.29, 1.82) is 0 Å². The normalized spacial score (nSPS) is 18.2. The molecule has 0 fully saturated rings. The predicted octanol–water partition coefficient (Wildman–Crippen LogP) is 1.71. The van der Waals surface area contributed by atoms with Gasteiger partial charge in [0.15, 0.2) is 5.96 Å². The molecular formula is C16H26N4O. The minimum Gasteiger partial charge on any atom is -0.494 e. The summed E-state index contributed by atoms with van der Waals surface area (Å²) in [6.07, 6.45) is 1.02. The van der Waals surface area contributed by atoms with Crippen LogP contribution in [0.4, 0.5) is 0 Å².